The summed E-state index contributed by atoms with van der Waals surface area (Å²) in [5.74, 6) is -0.605. The summed E-state index contributed by atoms with van der Waals surface area (Å²) in [5, 5.41) is 12.5. The number of likely N-dealkylation sites (tertiary alicyclic amines) is 1. The van der Waals surface area contributed by atoms with Gasteiger partial charge in [0.1, 0.15) is 0 Å². The van der Waals surface area contributed by atoms with Crippen molar-refractivity contribution in [1.82, 2.24) is 10.2 Å². The third-order valence-electron chi connectivity index (χ3n) is 3.10. The summed E-state index contributed by atoms with van der Waals surface area (Å²) in [5.41, 5.74) is 0.341. The number of carbonyl (C=O) groups is 2. The van der Waals surface area contributed by atoms with Gasteiger partial charge >= 0.3 is 0 Å². The van der Waals surface area contributed by atoms with Crippen LogP contribution in [0.4, 0.5) is 0 Å². The lowest BCUT2D eigenvalue weighted by atomic mass is 10.2. The topological polar surface area (TPSA) is 69.6 Å². The second-order valence-electron chi connectivity index (χ2n) is 4.59. The molecule has 5 nitrogen and oxygen atoms in total. The predicted molar refractivity (Wildman–Crippen MR) is 76.0 cm³/mol. The third-order valence-corrected chi connectivity index (χ3v) is 3.84. The molecule has 0 radical (unpaired) electrons. The number of halogens is 2. The van der Waals surface area contributed by atoms with E-state index in [9.17, 15) is 14.7 Å². The number of β-amino-alcohol motifs (C(OH)–C–C–N with tert-alkyl or cyclic N) is 1. The fourth-order valence-corrected chi connectivity index (χ4v) is 2.27. The molecule has 2 rings (SSSR count). The molecule has 2 amide bonds. The Morgan fingerprint density at radius 1 is 1.35 bits per heavy atom. The second kappa shape index (κ2) is 6.43. The highest BCUT2D eigenvalue weighted by Crippen LogP contribution is 2.22. The predicted octanol–water partition coefficient (Wildman–Crippen LogP) is 1.32. The van der Waals surface area contributed by atoms with Gasteiger partial charge in [-0.2, -0.15) is 0 Å². The molecule has 7 heteroatoms. The van der Waals surface area contributed by atoms with Crippen LogP contribution in [0.1, 0.15) is 16.8 Å². The zero-order valence-electron chi connectivity index (χ0n) is 10.6. The minimum absolute atomic E-state index is 0.105. The zero-order valence-corrected chi connectivity index (χ0v) is 12.1. The summed E-state index contributed by atoms with van der Waals surface area (Å²) in [6.07, 6.45) is 0.108. The molecule has 0 unspecified atom stereocenters. The van der Waals surface area contributed by atoms with Crippen molar-refractivity contribution in [1.29, 1.82) is 0 Å². The van der Waals surface area contributed by atoms with Crippen LogP contribution in [0.2, 0.25) is 10.0 Å². The summed E-state index contributed by atoms with van der Waals surface area (Å²) in [6, 6.07) is 4.51. The molecule has 0 saturated carbocycles. The highest BCUT2D eigenvalue weighted by atomic mass is 35.5. The van der Waals surface area contributed by atoms with Gasteiger partial charge in [-0.05, 0) is 24.6 Å². The Kier molecular flexibility index (Phi) is 4.86. The molecule has 1 heterocycles. The van der Waals surface area contributed by atoms with Crippen molar-refractivity contribution < 1.29 is 14.7 Å². The number of aliphatic hydroxyl groups excluding tert-OH is 1. The normalized spacial score (nSPS) is 18.1. The monoisotopic (exact) mass is 316 g/mol. The maximum absolute atomic E-state index is 11.9. The van der Waals surface area contributed by atoms with Gasteiger partial charge < -0.3 is 15.3 Å². The minimum atomic E-state index is -0.468. The fourth-order valence-electron chi connectivity index (χ4n) is 1.98. The lowest BCUT2D eigenvalue weighted by molar-refractivity contribution is -0.129. The molecular formula is C13H14Cl2N2O3. The first-order chi connectivity index (χ1) is 9.47. The number of benzene rings is 1. The van der Waals surface area contributed by atoms with E-state index in [1.165, 1.54) is 23.1 Å². The molecule has 20 heavy (non-hydrogen) atoms. The maximum Gasteiger partial charge on any atom is 0.251 e. The Morgan fingerprint density at radius 3 is 2.70 bits per heavy atom. The Bertz CT molecular complexity index is 536. The number of hydrogen-bond acceptors (Lipinski definition) is 3. The zero-order chi connectivity index (χ0) is 14.7. The van der Waals surface area contributed by atoms with Crippen molar-refractivity contribution >= 4 is 35.0 Å². The Balaban J connectivity index is 1.88. The second-order valence-corrected chi connectivity index (χ2v) is 5.41. The summed E-state index contributed by atoms with van der Waals surface area (Å²) >= 11 is 11.6. The molecule has 0 aromatic heterocycles. The molecule has 108 valence electrons. The van der Waals surface area contributed by atoms with E-state index in [4.69, 9.17) is 23.2 Å². The van der Waals surface area contributed by atoms with Crippen LogP contribution in [0.25, 0.3) is 0 Å². The van der Waals surface area contributed by atoms with Crippen molar-refractivity contribution in [3.8, 4) is 0 Å². The minimum Gasteiger partial charge on any atom is -0.391 e. The molecule has 0 spiro atoms. The highest BCUT2D eigenvalue weighted by Gasteiger charge is 2.24. The third kappa shape index (κ3) is 3.62. The first-order valence-electron chi connectivity index (χ1n) is 6.16. The van der Waals surface area contributed by atoms with E-state index in [2.05, 4.69) is 5.32 Å². The van der Waals surface area contributed by atoms with Gasteiger partial charge in [0.15, 0.2) is 0 Å². The number of carbonyl (C=O) groups excluding carboxylic acids is 2. The van der Waals surface area contributed by atoms with Crippen LogP contribution in [0.3, 0.4) is 0 Å². The first-order valence-corrected chi connectivity index (χ1v) is 6.92. The highest BCUT2D eigenvalue weighted by molar-refractivity contribution is 6.42. The van der Waals surface area contributed by atoms with Crippen molar-refractivity contribution in [3.63, 3.8) is 0 Å². The van der Waals surface area contributed by atoms with Crippen LogP contribution in [0.15, 0.2) is 18.2 Å². The molecule has 0 bridgehead atoms. The van der Waals surface area contributed by atoms with Crippen LogP contribution in [-0.4, -0.2) is 47.6 Å². The number of hydrogen-bond donors (Lipinski definition) is 2. The number of amides is 2. The van der Waals surface area contributed by atoms with E-state index in [1.807, 2.05) is 0 Å². The average Bonchev–Trinajstić information content (AvgIpc) is 2.85. The number of nitrogens with one attached hydrogen (secondary N) is 1. The van der Waals surface area contributed by atoms with Crippen LogP contribution in [0.5, 0.6) is 0 Å². The number of nitrogens with zero attached hydrogens (tertiary/aromatic N) is 1. The van der Waals surface area contributed by atoms with Gasteiger partial charge in [-0.25, -0.2) is 0 Å². The first kappa shape index (κ1) is 15.1. The van der Waals surface area contributed by atoms with Crippen molar-refractivity contribution in [2.75, 3.05) is 19.6 Å². The maximum atomic E-state index is 11.9. The molecule has 1 aromatic carbocycles. The van der Waals surface area contributed by atoms with E-state index in [0.29, 0.717) is 30.1 Å². The molecule has 0 aliphatic carbocycles. The fraction of sp³-hybridized carbons (Fsp3) is 0.385. The SMILES string of the molecule is O=C(NCC(=O)N1CC[C@@H](O)C1)c1ccc(Cl)c(Cl)c1. The molecule has 1 aliphatic rings. The van der Waals surface area contributed by atoms with Crippen LogP contribution < -0.4 is 5.32 Å². The average molecular weight is 317 g/mol. The smallest absolute Gasteiger partial charge is 0.251 e. The molecule has 1 atom stereocenters. The van der Waals surface area contributed by atoms with E-state index < -0.39 is 12.0 Å². The van der Waals surface area contributed by atoms with Crippen molar-refractivity contribution in [2.24, 2.45) is 0 Å². The van der Waals surface area contributed by atoms with Crippen LogP contribution in [-0.2, 0) is 4.79 Å². The molecule has 2 N–H and O–H groups in total. The molecular weight excluding hydrogens is 303 g/mol. The standard InChI is InChI=1S/C13H14Cl2N2O3/c14-10-2-1-8(5-11(10)15)13(20)16-6-12(19)17-4-3-9(18)7-17/h1-2,5,9,18H,3-4,6-7H2,(H,16,20)/t9-/m1/s1. The lowest BCUT2D eigenvalue weighted by Crippen LogP contribution is -2.39. The quantitative estimate of drug-likeness (QED) is 0.883. The Hall–Kier alpha value is -1.30. The van der Waals surface area contributed by atoms with E-state index in [0.717, 1.165) is 0 Å². The van der Waals surface area contributed by atoms with Gasteiger partial charge in [-0.1, -0.05) is 23.2 Å². The van der Waals surface area contributed by atoms with E-state index in [-0.39, 0.29) is 17.5 Å². The molecule has 1 fully saturated rings. The van der Waals surface area contributed by atoms with Gasteiger partial charge in [0, 0.05) is 18.7 Å². The molecule has 1 aliphatic heterocycles. The van der Waals surface area contributed by atoms with Crippen molar-refractivity contribution in [2.45, 2.75) is 12.5 Å². The molecule has 1 aromatic rings. The summed E-state index contributed by atoms with van der Waals surface area (Å²) in [6.45, 7) is 0.732. The Labute approximate surface area is 126 Å². The largest absolute Gasteiger partial charge is 0.391 e. The number of rotatable bonds is 3. The van der Waals surface area contributed by atoms with Gasteiger partial charge in [0.05, 0.1) is 22.7 Å². The van der Waals surface area contributed by atoms with Gasteiger partial charge in [0.2, 0.25) is 5.91 Å². The van der Waals surface area contributed by atoms with Gasteiger partial charge in [-0.3, -0.25) is 9.59 Å². The van der Waals surface area contributed by atoms with E-state index >= 15 is 0 Å². The molecule has 1 saturated heterocycles. The summed E-state index contributed by atoms with van der Waals surface area (Å²) < 4.78 is 0. The summed E-state index contributed by atoms with van der Waals surface area (Å²) in [4.78, 5) is 25.2. The van der Waals surface area contributed by atoms with Gasteiger partial charge in [-0.15, -0.1) is 0 Å². The lowest BCUT2D eigenvalue weighted by Gasteiger charge is -2.15. The van der Waals surface area contributed by atoms with Crippen LogP contribution in [0, 0.1) is 0 Å². The Morgan fingerprint density at radius 2 is 2.10 bits per heavy atom. The van der Waals surface area contributed by atoms with Gasteiger partial charge in [0.25, 0.3) is 5.91 Å². The van der Waals surface area contributed by atoms with Crippen LogP contribution >= 0.6 is 23.2 Å². The van der Waals surface area contributed by atoms with Crippen molar-refractivity contribution in [3.05, 3.63) is 33.8 Å². The summed E-state index contributed by atoms with van der Waals surface area (Å²) in [7, 11) is 0. The van der Waals surface area contributed by atoms with E-state index in [1.54, 1.807) is 0 Å². The number of aliphatic hydroxyl groups is 1.